The van der Waals surface area contributed by atoms with Crippen molar-refractivity contribution >= 4 is 0 Å². The van der Waals surface area contributed by atoms with Gasteiger partial charge in [-0.1, -0.05) is 20.8 Å². The summed E-state index contributed by atoms with van der Waals surface area (Å²) in [5.74, 6) is 3.61. The summed E-state index contributed by atoms with van der Waals surface area (Å²) in [5, 5.41) is 40.2. The Kier molecular flexibility index (Phi) is 8.17. The molecule has 4 fully saturated rings. The topological polar surface area (TPSA) is 84.2 Å². The summed E-state index contributed by atoms with van der Waals surface area (Å²) in [6.07, 6.45) is 11.0. The van der Waals surface area contributed by atoms with Crippen molar-refractivity contribution in [2.75, 3.05) is 32.8 Å². The van der Waals surface area contributed by atoms with Crippen molar-refractivity contribution in [2.24, 2.45) is 46.3 Å². The van der Waals surface area contributed by atoms with Gasteiger partial charge in [0.1, 0.15) is 0 Å². The van der Waals surface area contributed by atoms with Crippen molar-refractivity contribution in [3.05, 3.63) is 0 Å². The van der Waals surface area contributed by atoms with Crippen molar-refractivity contribution < 1.29 is 20.4 Å². The highest BCUT2D eigenvalue weighted by molar-refractivity contribution is 5.11. The molecule has 0 saturated heterocycles. The Bertz CT molecular complexity index is 639. The second kappa shape index (κ2) is 10.4. The Balaban J connectivity index is 1.41. The summed E-state index contributed by atoms with van der Waals surface area (Å²) in [6.45, 7) is 10.1. The second-order valence-electron chi connectivity index (χ2n) is 12.9. The zero-order valence-corrected chi connectivity index (χ0v) is 21.5. The summed E-state index contributed by atoms with van der Waals surface area (Å²) in [6, 6.07) is 0. The van der Waals surface area contributed by atoms with Crippen LogP contribution >= 0.6 is 0 Å². The monoisotopic (exact) mass is 465 g/mol. The lowest BCUT2D eigenvalue weighted by atomic mass is 9.43. The standard InChI is InChI=1S/C28H51NO4/c1-19(5-4-12-29(13-15-30)14-16-31)22-6-7-23-26-24(9-11-28(22,23)3)27(2)10-8-21(32)17-20(27)18-25(26)33/h19-26,30-33H,4-18H2,1-3H3/t19-,20+,21-,22-,23+,24+,25-,26+,27+,28-/m1/s1. The molecule has 4 rings (SSSR count). The molecule has 4 saturated carbocycles. The van der Waals surface area contributed by atoms with Crippen LogP contribution in [0.15, 0.2) is 0 Å². The molecule has 0 spiro atoms. The summed E-state index contributed by atoms with van der Waals surface area (Å²) >= 11 is 0. The van der Waals surface area contributed by atoms with Crippen LogP contribution in [0, 0.1) is 46.3 Å². The number of aliphatic hydroxyl groups excluding tert-OH is 4. The van der Waals surface area contributed by atoms with E-state index in [9.17, 15) is 20.4 Å². The van der Waals surface area contributed by atoms with E-state index in [0.717, 1.165) is 44.6 Å². The van der Waals surface area contributed by atoms with Crippen LogP contribution in [0.4, 0.5) is 0 Å². The molecule has 0 aromatic carbocycles. The third kappa shape index (κ3) is 4.79. The highest BCUT2D eigenvalue weighted by Gasteiger charge is 2.62. The van der Waals surface area contributed by atoms with Gasteiger partial charge in [0.25, 0.3) is 0 Å². The van der Waals surface area contributed by atoms with Crippen LogP contribution in [0.2, 0.25) is 0 Å². The normalized spacial score (nSPS) is 46.0. The summed E-state index contributed by atoms with van der Waals surface area (Å²) < 4.78 is 0. The van der Waals surface area contributed by atoms with E-state index in [2.05, 4.69) is 25.7 Å². The highest BCUT2D eigenvalue weighted by Crippen LogP contribution is 2.68. The van der Waals surface area contributed by atoms with Crippen molar-refractivity contribution in [1.82, 2.24) is 4.90 Å². The molecule has 0 aliphatic heterocycles. The molecule has 0 aromatic rings. The Hall–Kier alpha value is -0.200. The van der Waals surface area contributed by atoms with E-state index in [0.29, 0.717) is 53.5 Å². The molecule has 0 aromatic heterocycles. The molecular weight excluding hydrogens is 414 g/mol. The average Bonchev–Trinajstić information content (AvgIpc) is 3.12. The molecule has 192 valence electrons. The van der Waals surface area contributed by atoms with Gasteiger partial charge in [0, 0.05) is 13.1 Å². The third-order valence-electron chi connectivity index (χ3n) is 11.4. The van der Waals surface area contributed by atoms with Gasteiger partial charge < -0.3 is 20.4 Å². The van der Waals surface area contributed by atoms with Crippen LogP contribution in [0.1, 0.15) is 85.0 Å². The summed E-state index contributed by atoms with van der Waals surface area (Å²) in [7, 11) is 0. The lowest BCUT2D eigenvalue weighted by molar-refractivity contribution is -0.174. The van der Waals surface area contributed by atoms with Crippen LogP contribution in [0.5, 0.6) is 0 Å². The number of hydrogen-bond donors (Lipinski definition) is 4. The molecule has 10 atom stereocenters. The Morgan fingerprint density at radius 2 is 1.52 bits per heavy atom. The van der Waals surface area contributed by atoms with Crippen LogP contribution in [-0.4, -0.2) is 70.4 Å². The van der Waals surface area contributed by atoms with Gasteiger partial charge in [-0.25, -0.2) is 0 Å². The first kappa shape index (κ1) is 25.9. The fraction of sp³-hybridized carbons (Fsp3) is 1.00. The maximum absolute atomic E-state index is 11.4. The van der Waals surface area contributed by atoms with Gasteiger partial charge in [-0.15, -0.1) is 0 Å². The zero-order chi connectivity index (χ0) is 23.8. The van der Waals surface area contributed by atoms with Crippen molar-refractivity contribution in [1.29, 1.82) is 0 Å². The minimum absolute atomic E-state index is 0.154. The first-order chi connectivity index (χ1) is 15.7. The molecule has 5 heteroatoms. The second-order valence-corrected chi connectivity index (χ2v) is 12.9. The van der Waals surface area contributed by atoms with Gasteiger partial charge in [0.15, 0.2) is 0 Å². The van der Waals surface area contributed by atoms with E-state index in [1.54, 1.807) is 0 Å². The molecular formula is C28H51NO4. The van der Waals surface area contributed by atoms with Crippen LogP contribution in [-0.2, 0) is 0 Å². The SMILES string of the molecule is C[C@H](CCCN(CCO)CCO)[C@H]1CC[C@H]2[C@@H]3[C@H](O)C[C@@H]4C[C@H](O)CC[C@]4(C)[C@H]3CC[C@]12C. The molecule has 0 radical (unpaired) electrons. The lowest BCUT2D eigenvalue weighted by Gasteiger charge is -2.62. The number of aliphatic hydroxyl groups is 4. The molecule has 0 heterocycles. The number of fused-ring (bicyclic) bond motifs is 5. The first-order valence-corrected chi connectivity index (χ1v) is 14.0. The van der Waals surface area contributed by atoms with Gasteiger partial charge in [0.2, 0.25) is 0 Å². The highest BCUT2D eigenvalue weighted by atomic mass is 16.3. The molecule has 0 bridgehead atoms. The predicted molar refractivity (Wildman–Crippen MR) is 132 cm³/mol. The van der Waals surface area contributed by atoms with Gasteiger partial charge >= 0.3 is 0 Å². The van der Waals surface area contributed by atoms with Crippen LogP contribution in [0.3, 0.4) is 0 Å². The number of nitrogens with zero attached hydrogens (tertiary/aromatic N) is 1. The summed E-state index contributed by atoms with van der Waals surface area (Å²) in [4.78, 5) is 2.17. The largest absolute Gasteiger partial charge is 0.395 e. The summed E-state index contributed by atoms with van der Waals surface area (Å²) in [5.41, 5.74) is 0.645. The van der Waals surface area contributed by atoms with Crippen LogP contribution < -0.4 is 0 Å². The fourth-order valence-corrected chi connectivity index (χ4v) is 9.63. The lowest BCUT2D eigenvalue weighted by Crippen LogP contribution is -2.58. The molecule has 4 aliphatic carbocycles. The van der Waals surface area contributed by atoms with E-state index in [1.807, 2.05) is 0 Å². The maximum Gasteiger partial charge on any atom is 0.0577 e. The smallest absolute Gasteiger partial charge is 0.0577 e. The Morgan fingerprint density at radius 3 is 2.21 bits per heavy atom. The van der Waals surface area contributed by atoms with E-state index in [4.69, 9.17) is 0 Å². The molecule has 4 aliphatic rings. The van der Waals surface area contributed by atoms with Gasteiger partial charge in [0.05, 0.1) is 25.4 Å². The number of hydrogen-bond acceptors (Lipinski definition) is 5. The Labute approximate surface area is 202 Å². The average molecular weight is 466 g/mol. The van der Waals surface area contributed by atoms with Gasteiger partial charge in [-0.05, 0) is 117 Å². The van der Waals surface area contributed by atoms with Crippen molar-refractivity contribution in [3.8, 4) is 0 Å². The van der Waals surface area contributed by atoms with Gasteiger partial charge in [-0.2, -0.15) is 0 Å². The molecule has 0 amide bonds. The minimum atomic E-state index is -0.192. The maximum atomic E-state index is 11.4. The quantitative estimate of drug-likeness (QED) is 0.417. The third-order valence-corrected chi connectivity index (χ3v) is 11.4. The molecule has 33 heavy (non-hydrogen) atoms. The molecule has 5 nitrogen and oxygen atoms in total. The van der Waals surface area contributed by atoms with Crippen molar-refractivity contribution in [3.63, 3.8) is 0 Å². The number of rotatable bonds is 9. The van der Waals surface area contributed by atoms with E-state index in [-0.39, 0.29) is 25.4 Å². The molecule has 4 N–H and O–H groups in total. The van der Waals surface area contributed by atoms with Crippen molar-refractivity contribution in [2.45, 2.75) is 97.2 Å². The fourth-order valence-electron chi connectivity index (χ4n) is 9.63. The Morgan fingerprint density at radius 1 is 0.848 bits per heavy atom. The zero-order valence-electron chi connectivity index (χ0n) is 21.5. The van der Waals surface area contributed by atoms with E-state index < -0.39 is 0 Å². The van der Waals surface area contributed by atoms with E-state index >= 15 is 0 Å². The van der Waals surface area contributed by atoms with E-state index in [1.165, 1.54) is 32.1 Å². The first-order valence-electron chi connectivity index (χ1n) is 14.0. The minimum Gasteiger partial charge on any atom is -0.395 e. The molecule has 0 unspecified atom stereocenters. The van der Waals surface area contributed by atoms with Crippen LogP contribution in [0.25, 0.3) is 0 Å². The predicted octanol–water partition coefficient (Wildman–Crippen LogP) is 3.68. The van der Waals surface area contributed by atoms with Gasteiger partial charge in [-0.3, -0.25) is 4.90 Å².